The van der Waals surface area contributed by atoms with Gasteiger partial charge in [-0.15, -0.1) is 22.7 Å². The first kappa shape index (κ1) is 19.4. The number of amides is 1. The van der Waals surface area contributed by atoms with Gasteiger partial charge in [0.25, 0.3) is 11.5 Å². The Labute approximate surface area is 184 Å². The predicted molar refractivity (Wildman–Crippen MR) is 120 cm³/mol. The Balaban J connectivity index is 1.27. The van der Waals surface area contributed by atoms with Gasteiger partial charge in [-0.05, 0) is 59.3 Å². The SMILES string of the molecule is O=C(c1ccc(Br)s1)N1CCN(Cc2nc3sc4c(c3c(=O)[nH]2)CCCC4)CC1. The summed E-state index contributed by atoms with van der Waals surface area (Å²) >= 11 is 6.58. The highest BCUT2D eigenvalue weighted by molar-refractivity contribution is 9.11. The van der Waals surface area contributed by atoms with E-state index in [0.717, 1.165) is 57.1 Å². The smallest absolute Gasteiger partial charge is 0.264 e. The molecule has 0 atom stereocenters. The van der Waals surface area contributed by atoms with Gasteiger partial charge in [0, 0.05) is 31.1 Å². The van der Waals surface area contributed by atoms with Crippen LogP contribution in [0.3, 0.4) is 0 Å². The van der Waals surface area contributed by atoms with Gasteiger partial charge < -0.3 is 9.88 Å². The van der Waals surface area contributed by atoms with Gasteiger partial charge in [0.1, 0.15) is 10.7 Å². The van der Waals surface area contributed by atoms with Crippen LogP contribution in [-0.2, 0) is 19.4 Å². The number of rotatable bonds is 3. The van der Waals surface area contributed by atoms with E-state index in [9.17, 15) is 9.59 Å². The minimum Gasteiger partial charge on any atom is -0.335 e. The lowest BCUT2D eigenvalue weighted by Crippen LogP contribution is -2.48. The van der Waals surface area contributed by atoms with Gasteiger partial charge in [-0.3, -0.25) is 14.5 Å². The van der Waals surface area contributed by atoms with Crippen molar-refractivity contribution < 1.29 is 4.79 Å². The van der Waals surface area contributed by atoms with Gasteiger partial charge in [-0.25, -0.2) is 4.98 Å². The molecule has 0 spiro atoms. The predicted octanol–water partition coefficient (Wildman–Crippen LogP) is 3.65. The minimum absolute atomic E-state index is 0.00138. The highest BCUT2D eigenvalue weighted by Gasteiger charge is 2.24. The normalized spacial score (nSPS) is 17.6. The monoisotopic (exact) mass is 492 g/mol. The molecule has 1 saturated heterocycles. The molecule has 0 radical (unpaired) electrons. The Morgan fingerprint density at radius 2 is 1.93 bits per heavy atom. The lowest BCUT2D eigenvalue weighted by molar-refractivity contribution is 0.0630. The maximum absolute atomic E-state index is 12.7. The van der Waals surface area contributed by atoms with Crippen LogP contribution in [0, 0.1) is 0 Å². The lowest BCUT2D eigenvalue weighted by atomic mass is 9.97. The number of fused-ring (bicyclic) bond motifs is 3. The molecule has 0 aromatic carbocycles. The second kappa shape index (κ2) is 7.94. The number of carbonyl (C=O) groups excluding carboxylic acids is 1. The van der Waals surface area contributed by atoms with Crippen molar-refractivity contribution in [2.75, 3.05) is 26.2 Å². The van der Waals surface area contributed by atoms with Gasteiger partial charge >= 0.3 is 0 Å². The van der Waals surface area contributed by atoms with Crippen molar-refractivity contribution in [1.82, 2.24) is 19.8 Å². The van der Waals surface area contributed by atoms with Crippen LogP contribution >= 0.6 is 38.6 Å². The number of carbonyl (C=O) groups is 1. The Morgan fingerprint density at radius 1 is 1.14 bits per heavy atom. The van der Waals surface area contributed by atoms with E-state index in [1.807, 2.05) is 17.0 Å². The average Bonchev–Trinajstić information content (AvgIpc) is 3.31. The van der Waals surface area contributed by atoms with Gasteiger partial charge in [-0.1, -0.05) is 0 Å². The second-order valence-corrected chi connectivity index (χ2v) is 11.1. The van der Waals surface area contributed by atoms with E-state index in [-0.39, 0.29) is 11.5 Å². The van der Waals surface area contributed by atoms with E-state index < -0.39 is 0 Å². The first-order valence-electron chi connectivity index (χ1n) is 9.89. The standard InChI is InChI=1S/C20H21BrN4O2S2/c21-15-6-5-14(28-15)20(27)25-9-7-24(8-10-25)11-16-22-18(26)17-12-3-1-2-4-13(12)29-19(17)23-16/h5-6H,1-4,7-11H2,(H,22,23,26). The number of piperazine rings is 1. The molecule has 0 unspecified atom stereocenters. The van der Waals surface area contributed by atoms with Crippen molar-refractivity contribution >= 4 is 54.7 Å². The van der Waals surface area contributed by atoms with Crippen LogP contribution in [0.2, 0.25) is 0 Å². The zero-order chi connectivity index (χ0) is 20.0. The van der Waals surface area contributed by atoms with E-state index in [2.05, 4.69) is 25.8 Å². The molecule has 0 bridgehead atoms. The highest BCUT2D eigenvalue weighted by atomic mass is 79.9. The molecule has 1 N–H and O–H groups in total. The fourth-order valence-corrected chi connectivity index (χ4v) is 6.82. The van der Waals surface area contributed by atoms with Crippen LogP contribution in [0.1, 0.15) is 38.8 Å². The molecule has 0 saturated carbocycles. The molecule has 1 amide bonds. The van der Waals surface area contributed by atoms with E-state index in [1.165, 1.54) is 28.2 Å². The van der Waals surface area contributed by atoms with Crippen molar-refractivity contribution in [1.29, 1.82) is 0 Å². The van der Waals surface area contributed by atoms with E-state index in [0.29, 0.717) is 19.6 Å². The highest BCUT2D eigenvalue weighted by Crippen LogP contribution is 2.33. The number of hydrogen-bond donors (Lipinski definition) is 1. The number of H-pyrrole nitrogens is 1. The fraction of sp³-hybridized carbons (Fsp3) is 0.450. The molecule has 1 aliphatic heterocycles. The first-order valence-corrected chi connectivity index (χ1v) is 12.3. The number of hydrogen-bond acceptors (Lipinski definition) is 6. The summed E-state index contributed by atoms with van der Waals surface area (Å²) in [5.41, 5.74) is 1.23. The molecule has 9 heteroatoms. The van der Waals surface area contributed by atoms with Crippen LogP contribution in [0.25, 0.3) is 10.2 Å². The van der Waals surface area contributed by atoms with Crippen LogP contribution in [-0.4, -0.2) is 51.9 Å². The maximum atomic E-state index is 12.7. The minimum atomic E-state index is 0.00138. The molecule has 3 aromatic rings. The van der Waals surface area contributed by atoms with Gasteiger partial charge in [0.05, 0.1) is 20.6 Å². The van der Waals surface area contributed by atoms with E-state index in [4.69, 9.17) is 4.98 Å². The van der Waals surface area contributed by atoms with E-state index >= 15 is 0 Å². The van der Waals surface area contributed by atoms with Crippen molar-refractivity contribution in [3.8, 4) is 0 Å². The van der Waals surface area contributed by atoms with Crippen molar-refractivity contribution in [2.24, 2.45) is 0 Å². The molecule has 5 rings (SSSR count). The number of nitrogens with one attached hydrogen (secondary N) is 1. The number of halogens is 1. The topological polar surface area (TPSA) is 69.3 Å². The van der Waals surface area contributed by atoms with Crippen LogP contribution < -0.4 is 5.56 Å². The third kappa shape index (κ3) is 3.81. The largest absolute Gasteiger partial charge is 0.335 e. The molecule has 6 nitrogen and oxygen atoms in total. The van der Waals surface area contributed by atoms with Gasteiger partial charge in [0.2, 0.25) is 0 Å². The van der Waals surface area contributed by atoms with Crippen molar-refractivity contribution in [3.05, 3.63) is 47.4 Å². The number of aromatic nitrogens is 2. The third-order valence-electron chi connectivity index (χ3n) is 5.69. The summed E-state index contributed by atoms with van der Waals surface area (Å²) < 4.78 is 0.972. The molecule has 29 heavy (non-hydrogen) atoms. The Morgan fingerprint density at radius 3 is 2.69 bits per heavy atom. The Kier molecular flexibility index (Phi) is 5.32. The lowest BCUT2D eigenvalue weighted by Gasteiger charge is -2.34. The second-order valence-electron chi connectivity index (χ2n) is 7.58. The quantitative estimate of drug-likeness (QED) is 0.605. The van der Waals surface area contributed by atoms with Gasteiger partial charge in [0.15, 0.2) is 0 Å². The zero-order valence-corrected chi connectivity index (χ0v) is 19.1. The summed E-state index contributed by atoms with van der Waals surface area (Å²) in [7, 11) is 0. The van der Waals surface area contributed by atoms with E-state index in [1.54, 1.807) is 11.3 Å². The average molecular weight is 493 g/mol. The molecule has 3 aromatic heterocycles. The molecule has 4 heterocycles. The van der Waals surface area contributed by atoms with Crippen LogP contribution in [0.15, 0.2) is 20.7 Å². The summed E-state index contributed by atoms with van der Waals surface area (Å²) in [6.07, 6.45) is 4.43. The van der Waals surface area contributed by atoms with Crippen LogP contribution in [0.5, 0.6) is 0 Å². The Bertz CT molecular complexity index is 1130. The van der Waals surface area contributed by atoms with Crippen molar-refractivity contribution in [3.63, 3.8) is 0 Å². The summed E-state index contributed by atoms with van der Waals surface area (Å²) in [6, 6.07) is 3.78. The summed E-state index contributed by atoms with van der Waals surface area (Å²) in [6.45, 7) is 3.55. The molecule has 2 aliphatic rings. The van der Waals surface area contributed by atoms with Crippen molar-refractivity contribution in [2.45, 2.75) is 32.2 Å². The fourth-order valence-electron chi connectivity index (χ4n) is 4.19. The Hall–Kier alpha value is -1.55. The number of thiophene rings is 2. The summed E-state index contributed by atoms with van der Waals surface area (Å²) in [5, 5.41) is 0.811. The van der Waals surface area contributed by atoms with Gasteiger partial charge in [-0.2, -0.15) is 0 Å². The molecule has 1 fully saturated rings. The number of nitrogens with zero attached hydrogens (tertiary/aromatic N) is 3. The number of aromatic amines is 1. The first-order chi connectivity index (χ1) is 14.1. The zero-order valence-electron chi connectivity index (χ0n) is 15.9. The summed E-state index contributed by atoms with van der Waals surface area (Å²) in [5.74, 6) is 0.820. The molecular formula is C20H21BrN4O2S2. The number of aryl methyl sites for hydroxylation is 2. The molecule has 1 aliphatic carbocycles. The van der Waals surface area contributed by atoms with Crippen LogP contribution in [0.4, 0.5) is 0 Å². The summed E-state index contributed by atoms with van der Waals surface area (Å²) in [4.78, 5) is 40.3. The molecule has 152 valence electrons. The third-order valence-corrected chi connectivity index (χ3v) is 8.49. The maximum Gasteiger partial charge on any atom is 0.264 e. The molecular weight excluding hydrogens is 472 g/mol.